The first-order valence-electron chi connectivity index (χ1n) is 6.71. The minimum Gasteiger partial charge on any atom is -0.351 e. The molecule has 0 radical (unpaired) electrons. The average Bonchev–Trinajstić information content (AvgIpc) is 2.96. The highest BCUT2D eigenvalue weighted by Crippen LogP contribution is 2.21. The Labute approximate surface area is 106 Å². The van der Waals surface area contributed by atoms with Crippen molar-refractivity contribution < 1.29 is 0 Å². The number of nitrogens with zero attached hydrogens (tertiary/aromatic N) is 3. The summed E-state index contributed by atoms with van der Waals surface area (Å²) in [5.41, 5.74) is 1.67. The molecule has 0 atom stereocenters. The van der Waals surface area contributed by atoms with Crippen LogP contribution in [0.15, 0.2) is 6.20 Å². The Kier molecular flexibility index (Phi) is 2.89. The van der Waals surface area contributed by atoms with E-state index >= 15 is 0 Å². The number of aromatic amines is 1. The zero-order chi connectivity index (χ0) is 12.5. The van der Waals surface area contributed by atoms with Crippen LogP contribution in [0.4, 0.5) is 5.95 Å². The molecule has 1 aliphatic rings. The minimum atomic E-state index is 0.380. The van der Waals surface area contributed by atoms with Gasteiger partial charge < -0.3 is 10.3 Å². The molecule has 0 saturated heterocycles. The van der Waals surface area contributed by atoms with E-state index in [2.05, 4.69) is 39.1 Å². The molecular formula is C13H19N5. The lowest BCUT2D eigenvalue weighted by Gasteiger charge is -2.10. The van der Waals surface area contributed by atoms with Gasteiger partial charge in [0.25, 0.3) is 0 Å². The first-order valence-corrected chi connectivity index (χ1v) is 6.71. The Morgan fingerprint density at radius 1 is 1.28 bits per heavy atom. The Morgan fingerprint density at radius 3 is 2.78 bits per heavy atom. The summed E-state index contributed by atoms with van der Waals surface area (Å²) in [4.78, 5) is 16.6. The smallest absolute Gasteiger partial charge is 0.225 e. The maximum Gasteiger partial charge on any atom is 0.225 e. The summed E-state index contributed by atoms with van der Waals surface area (Å²) in [7, 11) is 0. The molecule has 5 heteroatoms. The number of hydrogen-bond acceptors (Lipinski definition) is 4. The van der Waals surface area contributed by atoms with Gasteiger partial charge in [-0.05, 0) is 12.8 Å². The second-order valence-corrected chi connectivity index (χ2v) is 5.33. The summed E-state index contributed by atoms with van der Waals surface area (Å²) in [6.45, 7) is 4.23. The molecule has 5 nitrogen and oxygen atoms in total. The topological polar surface area (TPSA) is 66.5 Å². The van der Waals surface area contributed by atoms with Crippen molar-refractivity contribution in [2.45, 2.75) is 51.5 Å². The van der Waals surface area contributed by atoms with Gasteiger partial charge in [0.1, 0.15) is 11.3 Å². The van der Waals surface area contributed by atoms with Crippen molar-refractivity contribution in [3.8, 4) is 0 Å². The van der Waals surface area contributed by atoms with E-state index in [0.717, 1.165) is 17.0 Å². The van der Waals surface area contributed by atoms with Crippen LogP contribution in [0.3, 0.4) is 0 Å². The highest BCUT2D eigenvalue weighted by atomic mass is 15.1. The van der Waals surface area contributed by atoms with Crippen LogP contribution < -0.4 is 5.32 Å². The Bertz CT molecular complexity index is 539. The molecule has 2 aromatic rings. The Morgan fingerprint density at radius 2 is 2.06 bits per heavy atom. The lowest BCUT2D eigenvalue weighted by atomic mass is 10.2. The van der Waals surface area contributed by atoms with Gasteiger partial charge in [0.2, 0.25) is 5.95 Å². The number of H-pyrrole nitrogens is 1. The molecule has 0 amide bonds. The van der Waals surface area contributed by atoms with Crippen LogP contribution >= 0.6 is 0 Å². The van der Waals surface area contributed by atoms with Crippen LogP contribution in [0.1, 0.15) is 51.3 Å². The SMILES string of the molecule is CC(C)c1nc2nc(NC3CCCC3)ncc2[nH]1. The third-order valence-corrected chi connectivity index (χ3v) is 3.49. The van der Waals surface area contributed by atoms with Gasteiger partial charge in [-0.15, -0.1) is 0 Å². The van der Waals surface area contributed by atoms with Crippen LogP contribution in [0.25, 0.3) is 11.2 Å². The normalized spacial score (nSPS) is 16.8. The molecule has 1 saturated carbocycles. The Balaban J connectivity index is 1.85. The molecule has 96 valence electrons. The maximum atomic E-state index is 4.50. The zero-order valence-corrected chi connectivity index (χ0v) is 10.9. The molecule has 0 aliphatic heterocycles. The second-order valence-electron chi connectivity index (χ2n) is 5.33. The number of nitrogens with one attached hydrogen (secondary N) is 2. The van der Waals surface area contributed by atoms with Crippen LogP contribution in [0, 0.1) is 0 Å². The van der Waals surface area contributed by atoms with Gasteiger partial charge in [0, 0.05) is 12.0 Å². The molecule has 2 heterocycles. The van der Waals surface area contributed by atoms with E-state index in [1.165, 1.54) is 25.7 Å². The molecule has 1 aliphatic carbocycles. The number of aromatic nitrogens is 4. The molecule has 0 unspecified atom stereocenters. The standard InChI is InChI=1S/C13H19N5/c1-8(2)11-16-10-7-14-13(18-12(10)17-11)15-9-5-3-4-6-9/h7-9H,3-6H2,1-2H3,(H2,14,15,16,17,18). The van der Waals surface area contributed by atoms with Crippen molar-refractivity contribution in [3.63, 3.8) is 0 Å². The summed E-state index contributed by atoms with van der Waals surface area (Å²) in [6, 6.07) is 0.533. The Hall–Kier alpha value is -1.65. The lowest BCUT2D eigenvalue weighted by Crippen LogP contribution is -2.16. The van der Waals surface area contributed by atoms with E-state index in [0.29, 0.717) is 17.9 Å². The first kappa shape index (κ1) is 11.4. The molecule has 3 rings (SSSR count). The third-order valence-electron chi connectivity index (χ3n) is 3.49. The van der Waals surface area contributed by atoms with Gasteiger partial charge in [-0.1, -0.05) is 26.7 Å². The quantitative estimate of drug-likeness (QED) is 0.872. The van der Waals surface area contributed by atoms with Crippen molar-refractivity contribution in [3.05, 3.63) is 12.0 Å². The van der Waals surface area contributed by atoms with Crippen LogP contribution in [-0.4, -0.2) is 26.0 Å². The van der Waals surface area contributed by atoms with E-state index in [1.807, 2.05) is 6.20 Å². The molecule has 18 heavy (non-hydrogen) atoms. The van der Waals surface area contributed by atoms with Gasteiger partial charge in [-0.3, -0.25) is 0 Å². The predicted octanol–water partition coefficient (Wildman–Crippen LogP) is 2.83. The summed E-state index contributed by atoms with van der Waals surface area (Å²) in [5, 5.41) is 3.40. The minimum absolute atomic E-state index is 0.380. The molecule has 2 aromatic heterocycles. The fourth-order valence-electron chi connectivity index (χ4n) is 2.42. The van der Waals surface area contributed by atoms with E-state index in [4.69, 9.17) is 0 Å². The van der Waals surface area contributed by atoms with Gasteiger partial charge in [-0.2, -0.15) is 4.98 Å². The summed E-state index contributed by atoms with van der Waals surface area (Å²) in [5.74, 6) is 2.05. The fraction of sp³-hybridized carbons (Fsp3) is 0.615. The summed E-state index contributed by atoms with van der Waals surface area (Å²) in [6.07, 6.45) is 6.87. The number of imidazole rings is 1. The van der Waals surface area contributed by atoms with Gasteiger partial charge >= 0.3 is 0 Å². The number of hydrogen-bond donors (Lipinski definition) is 2. The number of anilines is 1. The van der Waals surface area contributed by atoms with Crippen molar-refractivity contribution in [1.82, 2.24) is 19.9 Å². The largest absolute Gasteiger partial charge is 0.351 e. The van der Waals surface area contributed by atoms with Crippen molar-refractivity contribution in [2.24, 2.45) is 0 Å². The molecule has 1 fully saturated rings. The summed E-state index contributed by atoms with van der Waals surface area (Å²) < 4.78 is 0. The van der Waals surface area contributed by atoms with Gasteiger partial charge in [0.05, 0.1) is 6.20 Å². The zero-order valence-electron chi connectivity index (χ0n) is 10.9. The van der Waals surface area contributed by atoms with Crippen molar-refractivity contribution in [1.29, 1.82) is 0 Å². The maximum absolute atomic E-state index is 4.50. The van der Waals surface area contributed by atoms with Gasteiger partial charge in [0.15, 0.2) is 5.65 Å². The van der Waals surface area contributed by atoms with Crippen LogP contribution in [-0.2, 0) is 0 Å². The summed E-state index contributed by atoms with van der Waals surface area (Å²) >= 11 is 0. The monoisotopic (exact) mass is 245 g/mol. The van der Waals surface area contributed by atoms with Crippen molar-refractivity contribution >= 4 is 17.1 Å². The molecule has 0 aromatic carbocycles. The number of fused-ring (bicyclic) bond motifs is 1. The third kappa shape index (κ3) is 2.17. The van der Waals surface area contributed by atoms with Gasteiger partial charge in [-0.25, -0.2) is 9.97 Å². The molecular weight excluding hydrogens is 226 g/mol. The van der Waals surface area contributed by atoms with E-state index in [1.54, 1.807) is 0 Å². The molecule has 2 N–H and O–H groups in total. The predicted molar refractivity (Wildman–Crippen MR) is 71.7 cm³/mol. The lowest BCUT2D eigenvalue weighted by molar-refractivity contribution is 0.745. The van der Waals surface area contributed by atoms with E-state index in [-0.39, 0.29) is 0 Å². The number of rotatable bonds is 3. The highest BCUT2D eigenvalue weighted by Gasteiger charge is 2.16. The average molecular weight is 245 g/mol. The van der Waals surface area contributed by atoms with E-state index in [9.17, 15) is 0 Å². The second kappa shape index (κ2) is 4.55. The molecule has 0 spiro atoms. The fourth-order valence-corrected chi connectivity index (χ4v) is 2.42. The van der Waals surface area contributed by atoms with E-state index < -0.39 is 0 Å². The first-order chi connectivity index (χ1) is 8.72. The van der Waals surface area contributed by atoms with Crippen molar-refractivity contribution in [2.75, 3.05) is 5.32 Å². The van der Waals surface area contributed by atoms with Crippen LogP contribution in [0.5, 0.6) is 0 Å². The highest BCUT2D eigenvalue weighted by molar-refractivity contribution is 5.70. The molecule has 0 bridgehead atoms. The van der Waals surface area contributed by atoms with Crippen LogP contribution in [0.2, 0.25) is 0 Å².